The third-order valence-corrected chi connectivity index (χ3v) is 4.03. The van der Waals surface area contributed by atoms with Gasteiger partial charge in [0.1, 0.15) is 27.5 Å². The number of halogens is 1. The molecule has 1 N–H and O–H groups in total. The van der Waals surface area contributed by atoms with Crippen LogP contribution in [0.3, 0.4) is 0 Å². The molecule has 3 aromatic rings. The van der Waals surface area contributed by atoms with E-state index in [1.54, 1.807) is 13.3 Å². The minimum atomic E-state index is 0.448. The second-order valence-corrected chi connectivity index (χ2v) is 5.68. The van der Waals surface area contributed by atoms with E-state index < -0.39 is 0 Å². The van der Waals surface area contributed by atoms with Gasteiger partial charge in [0.25, 0.3) is 0 Å². The molecular formula is C13H11BrN6O. The molecule has 106 valence electrons. The Morgan fingerprint density at radius 2 is 2.14 bits per heavy atom. The quantitative estimate of drug-likeness (QED) is 0.783. The maximum atomic E-state index is 5.38. The zero-order valence-electron chi connectivity index (χ0n) is 11.2. The SMILES string of the molecule is COc1ncnc(C2CC2)c1-c1ncc2n[nH]c(Br)c2n1. The number of rotatable bonds is 3. The first-order valence-electron chi connectivity index (χ1n) is 6.54. The molecule has 0 saturated heterocycles. The van der Waals surface area contributed by atoms with Crippen molar-refractivity contribution in [2.45, 2.75) is 18.8 Å². The second-order valence-electron chi connectivity index (χ2n) is 4.88. The van der Waals surface area contributed by atoms with Crippen molar-refractivity contribution in [1.29, 1.82) is 0 Å². The molecular weight excluding hydrogens is 336 g/mol. The third kappa shape index (κ3) is 2.06. The lowest BCUT2D eigenvalue weighted by atomic mass is 10.1. The first-order chi connectivity index (χ1) is 10.3. The van der Waals surface area contributed by atoms with Crippen molar-refractivity contribution in [2.24, 2.45) is 0 Å². The summed E-state index contributed by atoms with van der Waals surface area (Å²) in [6, 6.07) is 0. The molecule has 1 aliphatic rings. The highest BCUT2D eigenvalue weighted by atomic mass is 79.9. The van der Waals surface area contributed by atoms with E-state index in [1.807, 2.05) is 0 Å². The Bertz CT molecular complexity index is 829. The van der Waals surface area contributed by atoms with Gasteiger partial charge < -0.3 is 4.74 Å². The van der Waals surface area contributed by atoms with Crippen molar-refractivity contribution < 1.29 is 4.74 Å². The van der Waals surface area contributed by atoms with Gasteiger partial charge in [0.15, 0.2) is 5.82 Å². The monoisotopic (exact) mass is 346 g/mol. The molecule has 1 fully saturated rings. The fourth-order valence-corrected chi connectivity index (χ4v) is 2.70. The van der Waals surface area contributed by atoms with Crippen molar-refractivity contribution in [1.82, 2.24) is 30.1 Å². The van der Waals surface area contributed by atoms with E-state index in [2.05, 4.69) is 46.1 Å². The fraction of sp³-hybridized carbons (Fsp3) is 0.308. The Kier molecular flexibility index (Phi) is 2.85. The molecule has 0 aliphatic heterocycles. The van der Waals surface area contributed by atoms with Gasteiger partial charge in [0.2, 0.25) is 5.88 Å². The van der Waals surface area contributed by atoms with Gasteiger partial charge in [0.05, 0.1) is 19.0 Å². The number of nitrogens with zero attached hydrogens (tertiary/aromatic N) is 5. The minimum Gasteiger partial charge on any atom is -0.480 e. The molecule has 0 unspecified atom stereocenters. The molecule has 4 rings (SSSR count). The Morgan fingerprint density at radius 3 is 2.90 bits per heavy atom. The van der Waals surface area contributed by atoms with Gasteiger partial charge in [-0.2, -0.15) is 5.10 Å². The van der Waals surface area contributed by atoms with Crippen LogP contribution < -0.4 is 4.74 Å². The summed E-state index contributed by atoms with van der Waals surface area (Å²) in [5.74, 6) is 1.51. The highest BCUT2D eigenvalue weighted by molar-refractivity contribution is 9.10. The van der Waals surface area contributed by atoms with Crippen molar-refractivity contribution in [3.8, 4) is 17.3 Å². The van der Waals surface area contributed by atoms with Gasteiger partial charge in [-0.1, -0.05) is 0 Å². The van der Waals surface area contributed by atoms with Crippen LogP contribution in [0.5, 0.6) is 5.88 Å². The molecule has 1 aliphatic carbocycles. The number of ether oxygens (including phenoxy) is 1. The van der Waals surface area contributed by atoms with Crippen molar-refractivity contribution in [3.05, 3.63) is 22.8 Å². The van der Waals surface area contributed by atoms with Gasteiger partial charge in [0, 0.05) is 5.92 Å². The number of hydrogen-bond donors (Lipinski definition) is 1. The summed E-state index contributed by atoms with van der Waals surface area (Å²) in [6.45, 7) is 0. The highest BCUT2D eigenvalue weighted by Gasteiger charge is 2.31. The summed E-state index contributed by atoms with van der Waals surface area (Å²) in [7, 11) is 1.59. The van der Waals surface area contributed by atoms with E-state index in [0.29, 0.717) is 23.1 Å². The number of fused-ring (bicyclic) bond motifs is 1. The molecule has 8 heteroatoms. The topological polar surface area (TPSA) is 89.5 Å². The Morgan fingerprint density at radius 1 is 1.29 bits per heavy atom. The molecule has 1 saturated carbocycles. The Balaban J connectivity index is 1.96. The number of aromatic nitrogens is 6. The standard InChI is InChI=1S/C13H11BrN6O/c1-21-13-8(9(6-2-3-6)16-5-17-13)12-15-4-7-10(18-12)11(14)20-19-7/h4-6H,2-3H2,1H3,(H,19,20). The lowest BCUT2D eigenvalue weighted by molar-refractivity contribution is 0.397. The number of methoxy groups -OCH3 is 1. The number of H-pyrrole nitrogens is 1. The molecule has 7 nitrogen and oxygen atoms in total. The first-order valence-corrected chi connectivity index (χ1v) is 7.33. The second kappa shape index (κ2) is 4.73. The first kappa shape index (κ1) is 12.6. The molecule has 0 atom stereocenters. The van der Waals surface area contributed by atoms with E-state index in [-0.39, 0.29) is 0 Å². The molecule has 0 spiro atoms. The van der Waals surface area contributed by atoms with Crippen LogP contribution in [-0.4, -0.2) is 37.2 Å². The van der Waals surface area contributed by atoms with E-state index in [4.69, 9.17) is 4.74 Å². The smallest absolute Gasteiger partial charge is 0.227 e. The van der Waals surface area contributed by atoms with Gasteiger partial charge in [-0.05, 0) is 28.8 Å². The summed E-state index contributed by atoms with van der Waals surface area (Å²) in [4.78, 5) is 17.6. The van der Waals surface area contributed by atoms with E-state index >= 15 is 0 Å². The molecule has 3 aromatic heterocycles. The number of hydrogen-bond acceptors (Lipinski definition) is 6. The van der Waals surface area contributed by atoms with Gasteiger partial charge in [-0.15, -0.1) is 0 Å². The van der Waals surface area contributed by atoms with Crippen LogP contribution in [0.4, 0.5) is 0 Å². The summed E-state index contributed by atoms with van der Waals surface area (Å²) >= 11 is 3.40. The predicted octanol–water partition coefficient (Wildman–Crippen LogP) is 2.46. The van der Waals surface area contributed by atoms with E-state index in [0.717, 1.165) is 34.2 Å². The third-order valence-electron chi connectivity index (χ3n) is 3.47. The normalized spacial score (nSPS) is 14.6. The van der Waals surface area contributed by atoms with Crippen LogP contribution in [0.25, 0.3) is 22.4 Å². The number of nitrogens with one attached hydrogen (secondary N) is 1. The van der Waals surface area contributed by atoms with Crippen molar-refractivity contribution in [3.63, 3.8) is 0 Å². The molecule has 0 aromatic carbocycles. The Hall–Kier alpha value is -2.09. The number of aromatic amines is 1. The van der Waals surface area contributed by atoms with Crippen molar-refractivity contribution in [2.75, 3.05) is 7.11 Å². The maximum Gasteiger partial charge on any atom is 0.227 e. The average Bonchev–Trinajstić information content (AvgIpc) is 3.31. The average molecular weight is 347 g/mol. The lowest BCUT2D eigenvalue weighted by Gasteiger charge is -2.10. The van der Waals surface area contributed by atoms with E-state index in [9.17, 15) is 0 Å². The van der Waals surface area contributed by atoms with E-state index in [1.165, 1.54) is 6.33 Å². The molecule has 0 radical (unpaired) electrons. The summed E-state index contributed by atoms with van der Waals surface area (Å²) < 4.78 is 6.10. The zero-order valence-corrected chi connectivity index (χ0v) is 12.8. The van der Waals surface area contributed by atoms with Crippen LogP contribution >= 0.6 is 15.9 Å². The van der Waals surface area contributed by atoms with Crippen LogP contribution in [-0.2, 0) is 0 Å². The maximum absolute atomic E-state index is 5.38. The molecule has 0 amide bonds. The van der Waals surface area contributed by atoms with Crippen LogP contribution in [0.2, 0.25) is 0 Å². The minimum absolute atomic E-state index is 0.448. The predicted molar refractivity (Wildman–Crippen MR) is 78.9 cm³/mol. The molecule has 3 heterocycles. The van der Waals surface area contributed by atoms with Crippen LogP contribution in [0, 0.1) is 0 Å². The van der Waals surface area contributed by atoms with Crippen LogP contribution in [0.1, 0.15) is 24.5 Å². The lowest BCUT2D eigenvalue weighted by Crippen LogP contribution is -2.02. The highest BCUT2D eigenvalue weighted by Crippen LogP contribution is 2.44. The molecule has 0 bridgehead atoms. The van der Waals surface area contributed by atoms with Crippen molar-refractivity contribution >= 4 is 27.0 Å². The Labute approximate surface area is 128 Å². The largest absolute Gasteiger partial charge is 0.480 e. The van der Waals surface area contributed by atoms with Gasteiger partial charge >= 0.3 is 0 Å². The van der Waals surface area contributed by atoms with Crippen LogP contribution in [0.15, 0.2) is 17.1 Å². The fourth-order valence-electron chi connectivity index (χ4n) is 2.31. The summed E-state index contributed by atoms with van der Waals surface area (Å²) in [5.41, 5.74) is 3.17. The van der Waals surface area contributed by atoms with Gasteiger partial charge in [-0.3, -0.25) is 5.10 Å². The van der Waals surface area contributed by atoms with Gasteiger partial charge in [-0.25, -0.2) is 19.9 Å². The molecule has 21 heavy (non-hydrogen) atoms. The summed E-state index contributed by atoms with van der Waals surface area (Å²) in [5, 5.41) is 6.94. The zero-order chi connectivity index (χ0) is 14.4. The summed E-state index contributed by atoms with van der Waals surface area (Å²) in [6.07, 6.45) is 5.47.